The number of aromatic nitrogens is 3. The van der Waals surface area contributed by atoms with Crippen LogP contribution in [0.3, 0.4) is 0 Å². The summed E-state index contributed by atoms with van der Waals surface area (Å²) >= 11 is 4.97. The van der Waals surface area contributed by atoms with Gasteiger partial charge in [0.2, 0.25) is 0 Å². The molecule has 18 heavy (non-hydrogen) atoms. The third-order valence-electron chi connectivity index (χ3n) is 2.47. The molecule has 0 bridgehead atoms. The van der Waals surface area contributed by atoms with E-state index in [2.05, 4.69) is 15.3 Å². The summed E-state index contributed by atoms with van der Waals surface area (Å²) in [7, 11) is 0. The minimum Gasteiger partial charge on any atom is -0.389 e. The minimum atomic E-state index is 0.387. The van der Waals surface area contributed by atoms with Gasteiger partial charge >= 0.3 is 0 Å². The smallest absolute Gasteiger partial charge is 0.126 e. The summed E-state index contributed by atoms with van der Waals surface area (Å²) in [5.74, 6) is 0.790. The van der Waals surface area contributed by atoms with Crippen LogP contribution >= 0.6 is 12.2 Å². The predicted molar refractivity (Wildman–Crippen MR) is 75.6 cm³/mol. The largest absolute Gasteiger partial charge is 0.389 e. The molecule has 2 aromatic rings. The molecule has 3 N–H and O–H groups in total. The van der Waals surface area contributed by atoms with Crippen LogP contribution in [0.4, 0.5) is 5.82 Å². The first-order chi connectivity index (χ1) is 8.65. The molecule has 0 spiro atoms. The van der Waals surface area contributed by atoms with Gasteiger partial charge in [0.05, 0.1) is 6.33 Å². The van der Waals surface area contributed by atoms with E-state index in [0.717, 1.165) is 30.2 Å². The number of pyridine rings is 1. The number of rotatable bonds is 5. The first kappa shape index (κ1) is 12.5. The van der Waals surface area contributed by atoms with Crippen LogP contribution in [0.15, 0.2) is 30.9 Å². The number of nitrogens with one attached hydrogen (secondary N) is 1. The Morgan fingerprint density at radius 1 is 1.50 bits per heavy atom. The summed E-state index contributed by atoms with van der Waals surface area (Å²) in [4.78, 5) is 8.76. The van der Waals surface area contributed by atoms with Crippen molar-refractivity contribution in [3.63, 3.8) is 0 Å². The molecule has 0 aliphatic carbocycles. The molecule has 5 nitrogen and oxygen atoms in total. The number of anilines is 1. The van der Waals surface area contributed by atoms with Crippen LogP contribution in [0.2, 0.25) is 0 Å². The van der Waals surface area contributed by atoms with Crippen LogP contribution < -0.4 is 11.1 Å². The Morgan fingerprint density at radius 2 is 2.33 bits per heavy atom. The van der Waals surface area contributed by atoms with Gasteiger partial charge in [-0.15, -0.1) is 0 Å². The van der Waals surface area contributed by atoms with Gasteiger partial charge in [-0.1, -0.05) is 12.2 Å². The molecular formula is C12H15N5S. The molecule has 0 radical (unpaired) electrons. The summed E-state index contributed by atoms with van der Waals surface area (Å²) in [6.07, 6.45) is 5.47. The number of imidazole rings is 1. The van der Waals surface area contributed by atoms with Crippen LogP contribution in [0, 0.1) is 6.92 Å². The van der Waals surface area contributed by atoms with Gasteiger partial charge in [-0.25, -0.2) is 9.97 Å². The van der Waals surface area contributed by atoms with Crippen molar-refractivity contribution in [3.8, 4) is 0 Å². The zero-order chi connectivity index (χ0) is 13.0. The summed E-state index contributed by atoms with van der Waals surface area (Å²) in [5, 5.41) is 3.24. The molecule has 0 aromatic carbocycles. The first-order valence-electron chi connectivity index (χ1n) is 5.63. The molecule has 0 saturated heterocycles. The number of nitrogens with two attached hydrogens (primary N) is 1. The van der Waals surface area contributed by atoms with Crippen molar-refractivity contribution in [2.75, 3.05) is 11.9 Å². The molecule has 0 aliphatic rings. The van der Waals surface area contributed by atoms with Crippen molar-refractivity contribution < 1.29 is 0 Å². The van der Waals surface area contributed by atoms with Gasteiger partial charge in [0.25, 0.3) is 0 Å². The van der Waals surface area contributed by atoms with Gasteiger partial charge in [0.15, 0.2) is 0 Å². The van der Waals surface area contributed by atoms with E-state index in [1.807, 2.05) is 29.8 Å². The van der Waals surface area contributed by atoms with E-state index < -0.39 is 0 Å². The van der Waals surface area contributed by atoms with Gasteiger partial charge in [0, 0.05) is 36.7 Å². The van der Waals surface area contributed by atoms with Crippen molar-refractivity contribution in [2.45, 2.75) is 13.5 Å². The Bertz CT molecular complexity index is 535. The highest BCUT2D eigenvalue weighted by Crippen LogP contribution is 2.10. The quantitative estimate of drug-likeness (QED) is 0.795. The van der Waals surface area contributed by atoms with Gasteiger partial charge in [-0.3, -0.25) is 0 Å². The SMILES string of the molecule is Cc1cc(C(N)=S)cc(NCCn2ccnc2)n1. The van der Waals surface area contributed by atoms with Gasteiger partial charge in [0.1, 0.15) is 10.8 Å². The molecule has 0 amide bonds. The van der Waals surface area contributed by atoms with E-state index in [1.54, 1.807) is 12.5 Å². The van der Waals surface area contributed by atoms with Crippen molar-refractivity contribution in [1.29, 1.82) is 0 Å². The predicted octanol–water partition coefficient (Wildman–Crippen LogP) is 1.33. The molecule has 0 fully saturated rings. The number of hydrogen-bond acceptors (Lipinski definition) is 4. The lowest BCUT2D eigenvalue weighted by Crippen LogP contribution is -2.13. The number of thiocarbonyl (C=S) groups is 1. The van der Waals surface area contributed by atoms with Crippen LogP contribution in [-0.4, -0.2) is 26.1 Å². The second-order valence-corrected chi connectivity index (χ2v) is 4.41. The van der Waals surface area contributed by atoms with Crippen LogP contribution in [0.1, 0.15) is 11.3 Å². The van der Waals surface area contributed by atoms with Crippen LogP contribution in [0.25, 0.3) is 0 Å². The summed E-state index contributed by atoms with van der Waals surface area (Å²) in [6, 6.07) is 3.74. The highest BCUT2D eigenvalue weighted by atomic mass is 32.1. The fraction of sp³-hybridized carbons (Fsp3) is 0.250. The number of aryl methyl sites for hydroxylation is 1. The Hall–Kier alpha value is -1.95. The first-order valence-corrected chi connectivity index (χ1v) is 6.04. The second-order valence-electron chi connectivity index (χ2n) is 3.97. The van der Waals surface area contributed by atoms with Crippen molar-refractivity contribution in [3.05, 3.63) is 42.1 Å². The van der Waals surface area contributed by atoms with Crippen molar-refractivity contribution in [1.82, 2.24) is 14.5 Å². The molecule has 0 atom stereocenters. The lowest BCUT2D eigenvalue weighted by molar-refractivity contribution is 0.725. The Morgan fingerprint density at radius 3 is 3.00 bits per heavy atom. The maximum atomic E-state index is 5.62. The normalized spacial score (nSPS) is 10.3. The van der Waals surface area contributed by atoms with Crippen molar-refractivity contribution >= 4 is 23.0 Å². The van der Waals surface area contributed by atoms with Crippen LogP contribution in [0.5, 0.6) is 0 Å². The fourth-order valence-electron chi connectivity index (χ4n) is 1.63. The second kappa shape index (κ2) is 5.59. The fourth-order valence-corrected chi connectivity index (χ4v) is 1.75. The molecule has 0 saturated carbocycles. The summed E-state index contributed by atoms with van der Waals surface area (Å²) in [5.41, 5.74) is 7.35. The van der Waals surface area contributed by atoms with E-state index in [-0.39, 0.29) is 0 Å². The Labute approximate surface area is 111 Å². The topological polar surface area (TPSA) is 68.8 Å². The average Bonchev–Trinajstić information content (AvgIpc) is 2.81. The molecule has 2 heterocycles. The lowest BCUT2D eigenvalue weighted by Gasteiger charge is -2.09. The monoisotopic (exact) mass is 261 g/mol. The van der Waals surface area contributed by atoms with E-state index >= 15 is 0 Å². The number of nitrogens with zero attached hydrogens (tertiary/aromatic N) is 3. The minimum absolute atomic E-state index is 0.387. The standard InChI is InChI=1S/C12H15N5S/c1-9-6-10(12(13)18)7-11(16-9)15-3-5-17-4-2-14-8-17/h2,4,6-8H,3,5H2,1H3,(H2,13,18)(H,15,16). The lowest BCUT2D eigenvalue weighted by atomic mass is 10.2. The average molecular weight is 261 g/mol. The highest BCUT2D eigenvalue weighted by Gasteiger charge is 2.02. The van der Waals surface area contributed by atoms with E-state index in [0.29, 0.717) is 4.99 Å². The zero-order valence-corrected chi connectivity index (χ0v) is 10.9. The van der Waals surface area contributed by atoms with E-state index in [1.165, 1.54) is 0 Å². The molecule has 94 valence electrons. The molecular weight excluding hydrogens is 246 g/mol. The molecule has 2 aromatic heterocycles. The van der Waals surface area contributed by atoms with Gasteiger partial charge < -0.3 is 15.6 Å². The van der Waals surface area contributed by atoms with Crippen molar-refractivity contribution in [2.24, 2.45) is 5.73 Å². The summed E-state index contributed by atoms with van der Waals surface area (Å²) in [6.45, 7) is 3.52. The molecule has 0 unspecified atom stereocenters. The van der Waals surface area contributed by atoms with Gasteiger partial charge in [-0.2, -0.15) is 0 Å². The Kier molecular flexibility index (Phi) is 3.88. The molecule has 2 rings (SSSR count). The maximum Gasteiger partial charge on any atom is 0.126 e. The van der Waals surface area contributed by atoms with E-state index in [4.69, 9.17) is 18.0 Å². The Balaban J connectivity index is 1.98. The zero-order valence-electron chi connectivity index (χ0n) is 10.1. The number of hydrogen-bond donors (Lipinski definition) is 2. The van der Waals surface area contributed by atoms with Gasteiger partial charge in [-0.05, 0) is 19.1 Å². The third-order valence-corrected chi connectivity index (χ3v) is 2.71. The van der Waals surface area contributed by atoms with Crippen LogP contribution in [-0.2, 0) is 6.54 Å². The third kappa shape index (κ3) is 3.27. The maximum absolute atomic E-state index is 5.62. The molecule has 0 aliphatic heterocycles. The summed E-state index contributed by atoms with van der Waals surface area (Å²) < 4.78 is 2.00. The highest BCUT2D eigenvalue weighted by molar-refractivity contribution is 7.80. The molecule has 6 heteroatoms. The van der Waals surface area contributed by atoms with E-state index in [9.17, 15) is 0 Å².